The second-order valence-electron chi connectivity index (χ2n) is 2.75. The molecule has 0 amide bonds. The highest BCUT2D eigenvalue weighted by atomic mass is 79.9. The molecule has 0 saturated carbocycles. The van der Waals surface area contributed by atoms with Crippen LogP contribution in [0.1, 0.15) is 0 Å². The van der Waals surface area contributed by atoms with Gasteiger partial charge in [-0.25, -0.2) is 9.18 Å². The fourth-order valence-corrected chi connectivity index (χ4v) is 1.66. The van der Waals surface area contributed by atoms with Gasteiger partial charge in [0.15, 0.2) is 0 Å². The maximum Gasteiger partial charge on any atom is 0.328 e. The SMILES string of the molecule is O=C(O)/C=C/COc1cc(F)c(Cl)cc1Br. The fourth-order valence-electron chi connectivity index (χ4n) is 0.902. The van der Waals surface area contributed by atoms with E-state index >= 15 is 0 Å². The van der Waals surface area contributed by atoms with Crippen LogP contribution in [0.15, 0.2) is 28.8 Å². The molecule has 0 spiro atoms. The van der Waals surface area contributed by atoms with Gasteiger partial charge in [0, 0.05) is 12.1 Å². The topological polar surface area (TPSA) is 46.5 Å². The summed E-state index contributed by atoms with van der Waals surface area (Å²) in [6.07, 6.45) is 2.25. The van der Waals surface area contributed by atoms with Crippen molar-refractivity contribution in [2.24, 2.45) is 0 Å². The molecule has 6 heteroatoms. The van der Waals surface area contributed by atoms with Crippen LogP contribution in [0.2, 0.25) is 5.02 Å². The molecule has 86 valence electrons. The van der Waals surface area contributed by atoms with Crippen LogP contribution < -0.4 is 4.74 Å². The van der Waals surface area contributed by atoms with Crippen molar-refractivity contribution in [2.45, 2.75) is 0 Å². The number of hydrogen-bond donors (Lipinski definition) is 1. The van der Waals surface area contributed by atoms with E-state index in [1.807, 2.05) is 0 Å². The van der Waals surface area contributed by atoms with Gasteiger partial charge in [-0.15, -0.1) is 0 Å². The molecule has 0 aliphatic heterocycles. The zero-order valence-electron chi connectivity index (χ0n) is 7.91. The molecule has 1 N–H and O–H groups in total. The van der Waals surface area contributed by atoms with Gasteiger partial charge in [-0.3, -0.25) is 0 Å². The van der Waals surface area contributed by atoms with Crippen molar-refractivity contribution in [2.75, 3.05) is 6.61 Å². The Kier molecular flexibility index (Phi) is 4.76. The van der Waals surface area contributed by atoms with Crippen molar-refractivity contribution < 1.29 is 19.0 Å². The Bertz CT molecular complexity index is 434. The molecule has 0 heterocycles. The maximum atomic E-state index is 13.1. The van der Waals surface area contributed by atoms with E-state index in [0.29, 0.717) is 4.47 Å². The van der Waals surface area contributed by atoms with Crippen LogP contribution in [-0.2, 0) is 4.79 Å². The molecule has 0 fully saturated rings. The van der Waals surface area contributed by atoms with Crippen molar-refractivity contribution in [1.82, 2.24) is 0 Å². The molecule has 3 nitrogen and oxygen atoms in total. The van der Waals surface area contributed by atoms with Gasteiger partial charge < -0.3 is 9.84 Å². The van der Waals surface area contributed by atoms with Crippen LogP contribution in [0.4, 0.5) is 4.39 Å². The minimum Gasteiger partial charge on any atom is -0.488 e. The first-order valence-corrected chi connectivity index (χ1v) is 5.34. The summed E-state index contributed by atoms with van der Waals surface area (Å²) >= 11 is 8.68. The second kappa shape index (κ2) is 5.86. The number of carboxylic acids is 1. The molecular formula is C10H7BrClFO3. The molecule has 0 aliphatic carbocycles. The maximum absolute atomic E-state index is 13.1. The minimum absolute atomic E-state index is 0.0136. The predicted octanol–water partition coefficient (Wildman–Crippen LogP) is 3.26. The molecule has 16 heavy (non-hydrogen) atoms. The highest BCUT2D eigenvalue weighted by molar-refractivity contribution is 9.10. The van der Waals surface area contributed by atoms with Crippen molar-refractivity contribution in [3.63, 3.8) is 0 Å². The summed E-state index contributed by atoms with van der Waals surface area (Å²) in [5, 5.41) is 8.30. The molecule has 0 aliphatic rings. The van der Waals surface area contributed by atoms with Gasteiger partial charge in [-0.05, 0) is 28.1 Å². The molecule has 0 aromatic heterocycles. The minimum atomic E-state index is -1.06. The Labute approximate surface area is 105 Å². The highest BCUT2D eigenvalue weighted by Crippen LogP contribution is 2.30. The van der Waals surface area contributed by atoms with E-state index in [0.717, 1.165) is 12.1 Å². The first-order valence-electron chi connectivity index (χ1n) is 4.17. The third-order valence-corrected chi connectivity index (χ3v) is 2.48. The summed E-state index contributed by atoms with van der Waals surface area (Å²) in [4.78, 5) is 10.1. The molecule has 1 aromatic carbocycles. The predicted molar refractivity (Wildman–Crippen MR) is 61.4 cm³/mol. The van der Waals surface area contributed by atoms with Gasteiger partial charge in [0.05, 0.1) is 9.50 Å². The van der Waals surface area contributed by atoms with E-state index in [9.17, 15) is 9.18 Å². The summed E-state index contributed by atoms with van der Waals surface area (Å²) in [7, 11) is 0. The number of aliphatic carboxylic acids is 1. The number of halogens is 3. The van der Waals surface area contributed by atoms with E-state index in [1.165, 1.54) is 12.1 Å². The lowest BCUT2D eigenvalue weighted by Gasteiger charge is -2.06. The van der Waals surface area contributed by atoms with E-state index < -0.39 is 11.8 Å². The van der Waals surface area contributed by atoms with Crippen LogP contribution >= 0.6 is 27.5 Å². The number of ether oxygens (including phenoxy) is 1. The molecule has 0 atom stereocenters. The zero-order valence-corrected chi connectivity index (χ0v) is 10.3. The van der Waals surface area contributed by atoms with E-state index in [-0.39, 0.29) is 17.4 Å². The fraction of sp³-hybridized carbons (Fsp3) is 0.100. The molecule has 0 unspecified atom stereocenters. The summed E-state index contributed by atoms with van der Waals surface area (Å²) in [6, 6.07) is 2.49. The van der Waals surface area contributed by atoms with Crippen molar-refractivity contribution in [3.05, 3.63) is 39.6 Å². The Morgan fingerprint density at radius 3 is 2.94 bits per heavy atom. The third kappa shape index (κ3) is 3.83. The Balaban J connectivity index is 2.67. The summed E-state index contributed by atoms with van der Waals surface area (Å²) < 4.78 is 18.7. The van der Waals surface area contributed by atoms with E-state index in [4.69, 9.17) is 21.4 Å². The van der Waals surface area contributed by atoms with E-state index in [2.05, 4.69) is 15.9 Å². The third-order valence-electron chi connectivity index (χ3n) is 1.57. The number of hydrogen-bond acceptors (Lipinski definition) is 2. The second-order valence-corrected chi connectivity index (χ2v) is 4.01. The van der Waals surface area contributed by atoms with Gasteiger partial charge >= 0.3 is 5.97 Å². The van der Waals surface area contributed by atoms with Crippen molar-refractivity contribution in [3.8, 4) is 5.75 Å². The van der Waals surface area contributed by atoms with Crippen LogP contribution in [0.3, 0.4) is 0 Å². The monoisotopic (exact) mass is 308 g/mol. The Morgan fingerprint density at radius 1 is 1.62 bits per heavy atom. The largest absolute Gasteiger partial charge is 0.488 e. The van der Waals surface area contributed by atoms with Gasteiger partial charge in [-0.2, -0.15) is 0 Å². The lowest BCUT2D eigenvalue weighted by molar-refractivity contribution is -0.131. The average Bonchev–Trinajstić information content (AvgIpc) is 2.19. The summed E-state index contributed by atoms with van der Waals surface area (Å²) in [5.41, 5.74) is 0. The van der Waals surface area contributed by atoms with Crippen molar-refractivity contribution >= 4 is 33.5 Å². The Morgan fingerprint density at radius 2 is 2.31 bits per heavy atom. The molecule has 1 rings (SSSR count). The molecule has 0 radical (unpaired) electrons. The van der Waals surface area contributed by atoms with Gasteiger partial charge in [0.25, 0.3) is 0 Å². The first kappa shape index (κ1) is 13.0. The van der Waals surface area contributed by atoms with Crippen LogP contribution in [0, 0.1) is 5.82 Å². The van der Waals surface area contributed by atoms with Crippen LogP contribution in [0.25, 0.3) is 0 Å². The normalized spacial score (nSPS) is 10.7. The van der Waals surface area contributed by atoms with Crippen molar-refractivity contribution in [1.29, 1.82) is 0 Å². The summed E-state index contributed by atoms with van der Waals surface area (Å²) in [5.74, 6) is -1.40. The number of benzene rings is 1. The molecule has 1 aromatic rings. The van der Waals surface area contributed by atoms with Gasteiger partial charge in [-0.1, -0.05) is 11.6 Å². The number of rotatable bonds is 4. The lowest BCUT2D eigenvalue weighted by atomic mass is 10.3. The van der Waals surface area contributed by atoms with Gasteiger partial charge in [0.2, 0.25) is 0 Å². The Hall–Kier alpha value is -1.07. The lowest BCUT2D eigenvalue weighted by Crippen LogP contribution is -1.97. The quantitative estimate of drug-likeness (QED) is 0.686. The van der Waals surface area contributed by atoms with E-state index in [1.54, 1.807) is 0 Å². The smallest absolute Gasteiger partial charge is 0.328 e. The standard InChI is InChI=1S/C10H7BrClFO3/c11-6-4-7(12)8(13)5-9(6)16-3-1-2-10(14)15/h1-2,4-5H,3H2,(H,14,15)/b2-1+. The number of carboxylic acid groups (broad SMARTS) is 1. The molecule has 0 saturated heterocycles. The van der Waals surface area contributed by atoms with Gasteiger partial charge in [0.1, 0.15) is 18.2 Å². The average molecular weight is 310 g/mol. The van der Waals surface area contributed by atoms with Crippen LogP contribution in [-0.4, -0.2) is 17.7 Å². The van der Waals surface area contributed by atoms with Crippen LogP contribution in [0.5, 0.6) is 5.75 Å². The highest BCUT2D eigenvalue weighted by Gasteiger charge is 2.07. The zero-order chi connectivity index (χ0) is 12.1. The summed E-state index contributed by atoms with van der Waals surface area (Å²) in [6.45, 7) is 0.0337. The molecule has 0 bridgehead atoms. The first-order chi connectivity index (χ1) is 7.50. The number of carbonyl (C=O) groups is 1. The molecular weight excluding hydrogens is 302 g/mol.